The predicted molar refractivity (Wildman–Crippen MR) is 30.1 cm³/mol. The fourth-order valence-corrected chi connectivity index (χ4v) is 0.270. The molecule has 2 atom stereocenters. The van der Waals surface area contributed by atoms with Gasteiger partial charge in [0.25, 0.3) is 0 Å². The Bertz CT molecular complexity index is 97.1. The van der Waals surface area contributed by atoms with E-state index in [0.29, 0.717) is 0 Å². The van der Waals surface area contributed by atoms with Gasteiger partial charge in [-0.1, -0.05) is 0 Å². The van der Waals surface area contributed by atoms with Crippen molar-refractivity contribution >= 4 is 0 Å². The van der Waals surface area contributed by atoms with E-state index in [1.807, 2.05) is 0 Å². The van der Waals surface area contributed by atoms with Crippen molar-refractivity contribution in [1.29, 1.82) is 5.26 Å². The average molecular weight is 114 g/mol. The molecule has 0 fully saturated rings. The van der Waals surface area contributed by atoms with Crippen molar-refractivity contribution < 1.29 is 5.11 Å². The first-order valence-corrected chi connectivity index (χ1v) is 2.47. The number of hydrogen-bond acceptors (Lipinski definition) is 3. The Balaban J connectivity index is 3.49. The largest absolute Gasteiger partial charge is 0.376 e. The second-order valence-corrected chi connectivity index (χ2v) is 1.65. The van der Waals surface area contributed by atoms with Gasteiger partial charge in [0.05, 0.1) is 6.07 Å². The van der Waals surface area contributed by atoms with E-state index in [-0.39, 0.29) is 6.04 Å². The highest BCUT2D eigenvalue weighted by atomic mass is 16.3. The van der Waals surface area contributed by atoms with Gasteiger partial charge in [-0.15, -0.1) is 0 Å². The molecule has 0 aliphatic rings. The van der Waals surface area contributed by atoms with Gasteiger partial charge >= 0.3 is 0 Å². The van der Waals surface area contributed by atoms with Crippen molar-refractivity contribution in [3.63, 3.8) is 0 Å². The third-order valence-corrected chi connectivity index (χ3v) is 1.06. The van der Waals surface area contributed by atoms with Crippen molar-refractivity contribution in [1.82, 2.24) is 5.32 Å². The molecule has 3 heteroatoms. The fourth-order valence-electron chi connectivity index (χ4n) is 0.270. The Hall–Kier alpha value is -0.590. The summed E-state index contributed by atoms with van der Waals surface area (Å²) in [5, 5.41) is 19.5. The van der Waals surface area contributed by atoms with E-state index in [2.05, 4.69) is 5.32 Å². The highest BCUT2D eigenvalue weighted by Gasteiger charge is 2.08. The van der Waals surface area contributed by atoms with Crippen LogP contribution < -0.4 is 5.32 Å². The van der Waals surface area contributed by atoms with E-state index >= 15 is 0 Å². The number of nitrogens with one attached hydrogen (secondary N) is 1. The van der Waals surface area contributed by atoms with Gasteiger partial charge in [0, 0.05) is 6.04 Å². The van der Waals surface area contributed by atoms with E-state index < -0.39 is 6.10 Å². The smallest absolute Gasteiger partial charge is 0.155 e. The minimum atomic E-state index is -0.889. The number of nitrogens with zero attached hydrogens (tertiary/aromatic N) is 1. The van der Waals surface area contributed by atoms with Gasteiger partial charge in [0.1, 0.15) is 0 Å². The van der Waals surface area contributed by atoms with Crippen LogP contribution in [0.4, 0.5) is 0 Å². The molecule has 8 heavy (non-hydrogen) atoms. The maximum atomic E-state index is 8.70. The van der Waals surface area contributed by atoms with Crippen molar-refractivity contribution in [2.45, 2.75) is 19.1 Å². The van der Waals surface area contributed by atoms with Crippen LogP contribution in [0, 0.1) is 11.3 Å². The van der Waals surface area contributed by atoms with Crippen molar-refractivity contribution in [3.8, 4) is 6.07 Å². The topological polar surface area (TPSA) is 56.0 Å². The second-order valence-electron chi connectivity index (χ2n) is 1.65. The lowest BCUT2D eigenvalue weighted by atomic mass is 10.2. The monoisotopic (exact) mass is 114 g/mol. The SMILES string of the molecule is CNC(C)C(O)C#N. The maximum absolute atomic E-state index is 8.70. The molecule has 0 aromatic carbocycles. The summed E-state index contributed by atoms with van der Waals surface area (Å²) in [6.07, 6.45) is -0.889. The highest BCUT2D eigenvalue weighted by Crippen LogP contribution is 1.86. The van der Waals surface area contributed by atoms with E-state index in [9.17, 15) is 0 Å². The Morgan fingerprint density at radius 2 is 2.25 bits per heavy atom. The van der Waals surface area contributed by atoms with Crippen LogP contribution in [0.3, 0.4) is 0 Å². The van der Waals surface area contributed by atoms with E-state index in [1.54, 1.807) is 20.0 Å². The molecule has 0 heterocycles. The second kappa shape index (κ2) is 3.42. The lowest BCUT2D eigenvalue weighted by Gasteiger charge is -2.09. The minimum absolute atomic E-state index is 0.139. The Morgan fingerprint density at radius 1 is 1.75 bits per heavy atom. The van der Waals surface area contributed by atoms with Crippen LogP contribution in [0.15, 0.2) is 0 Å². The number of likely N-dealkylation sites (N-methyl/N-ethyl adjacent to an activating group) is 1. The first kappa shape index (κ1) is 7.41. The van der Waals surface area contributed by atoms with E-state index in [1.165, 1.54) is 0 Å². The quantitative estimate of drug-likeness (QED) is 0.475. The molecule has 0 radical (unpaired) electrons. The first-order valence-electron chi connectivity index (χ1n) is 2.47. The molecule has 0 spiro atoms. The zero-order valence-corrected chi connectivity index (χ0v) is 5.05. The molecule has 3 nitrogen and oxygen atoms in total. The average Bonchev–Trinajstić information content (AvgIpc) is 1.84. The lowest BCUT2D eigenvalue weighted by Crippen LogP contribution is -2.33. The van der Waals surface area contributed by atoms with Gasteiger partial charge in [0.2, 0.25) is 0 Å². The number of hydrogen-bond donors (Lipinski definition) is 2. The normalized spacial score (nSPS) is 16.8. The summed E-state index contributed by atoms with van der Waals surface area (Å²) in [4.78, 5) is 0. The molecule has 0 bridgehead atoms. The number of aliphatic hydroxyl groups excluding tert-OH is 1. The molecule has 46 valence electrons. The molecule has 2 unspecified atom stereocenters. The van der Waals surface area contributed by atoms with E-state index in [4.69, 9.17) is 10.4 Å². The Morgan fingerprint density at radius 3 is 2.38 bits per heavy atom. The number of aliphatic hydroxyl groups is 1. The maximum Gasteiger partial charge on any atom is 0.155 e. The summed E-state index contributed by atoms with van der Waals surface area (Å²) in [5.41, 5.74) is 0. The molecule has 0 amide bonds. The molecule has 0 rings (SSSR count). The van der Waals surface area contributed by atoms with Crippen LogP contribution in [0.1, 0.15) is 6.92 Å². The standard InChI is InChI=1S/C5H10N2O/c1-4(7-2)5(8)3-6/h4-5,7-8H,1-2H3. The van der Waals surface area contributed by atoms with Gasteiger partial charge in [0.15, 0.2) is 6.10 Å². The van der Waals surface area contributed by atoms with Gasteiger partial charge in [-0.3, -0.25) is 0 Å². The summed E-state index contributed by atoms with van der Waals surface area (Å²) in [6.45, 7) is 1.74. The van der Waals surface area contributed by atoms with Gasteiger partial charge < -0.3 is 10.4 Å². The highest BCUT2D eigenvalue weighted by molar-refractivity contribution is 4.88. The molecule has 0 saturated heterocycles. The molecule has 0 aromatic heterocycles. The predicted octanol–water partition coefficient (Wildman–Crippen LogP) is -0.521. The van der Waals surface area contributed by atoms with E-state index in [0.717, 1.165) is 0 Å². The molecule has 0 saturated carbocycles. The number of rotatable bonds is 2. The summed E-state index contributed by atoms with van der Waals surface area (Å²) >= 11 is 0. The Kier molecular flexibility index (Phi) is 3.16. The molecule has 2 N–H and O–H groups in total. The van der Waals surface area contributed by atoms with Crippen LogP contribution in [0.5, 0.6) is 0 Å². The van der Waals surface area contributed by atoms with Crippen LogP contribution in [0.2, 0.25) is 0 Å². The summed E-state index contributed by atoms with van der Waals surface area (Å²) in [6, 6.07) is 1.57. The molecule has 0 aliphatic carbocycles. The third-order valence-electron chi connectivity index (χ3n) is 1.06. The van der Waals surface area contributed by atoms with Crippen LogP contribution in [-0.4, -0.2) is 24.3 Å². The number of nitriles is 1. The van der Waals surface area contributed by atoms with Crippen molar-refractivity contribution in [3.05, 3.63) is 0 Å². The Labute approximate surface area is 48.9 Å². The summed E-state index contributed by atoms with van der Waals surface area (Å²) < 4.78 is 0. The summed E-state index contributed by atoms with van der Waals surface area (Å²) in [5.74, 6) is 0. The van der Waals surface area contributed by atoms with Crippen LogP contribution >= 0.6 is 0 Å². The van der Waals surface area contributed by atoms with Crippen molar-refractivity contribution in [2.75, 3.05) is 7.05 Å². The van der Waals surface area contributed by atoms with Gasteiger partial charge in [-0.2, -0.15) is 5.26 Å². The lowest BCUT2D eigenvalue weighted by molar-refractivity contribution is 0.191. The minimum Gasteiger partial charge on any atom is -0.376 e. The zero-order chi connectivity index (χ0) is 6.57. The van der Waals surface area contributed by atoms with Crippen molar-refractivity contribution in [2.24, 2.45) is 0 Å². The van der Waals surface area contributed by atoms with Crippen LogP contribution in [-0.2, 0) is 0 Å². The molecular formula is C5H10N2O. The zero-order valence-electron chi connectivity index (χ0n) is 5.05. The first-order chi connectivity index (χ1) is 3.72. The summed E-state index contributed by atoms with van der Waals surface area (Å²) in [7, 11) is 1.70. The fraction of sp³-hybridized carbons (Fsp3) is 0.800. The van der Waals surface area contributed by atoms with Gasteiger partial charge in [-0.25, -0.2) is 0 Å². The molecule has 0 aromatic rings. The van der Waals surface area contributed by atoms with Gasteiger partial charge in [-0.05, 0) is 14.0 Å². The van der Waals surface area contributed by atoms with Crippen LogP contribution in [0.25, 0.3) is 0 Å². The molecular weight excluding hydrogens is 104 g/mol. The third kappa shape index (κ3) is 1.92. The molecule has 0 aliphatic heterocycles.